The summed E-state index contributed by atoms with van der Waals surface area (Å²) in [4.78, 5) is 0. The van der Waals surface area contributed by atoms with E-state index in [-0.39, 0.29) is 11.8 Å². The Labute approximate surface area is 191 Å². The van der Waals surface area contributed by atoms with Crippen LogP contribution in [0.3, 0.4) is 0 Å². The third-order valence-corrected chi connectivity index (χ3v) is 8.35. The second-order valence-electron chi connectivity index (χ2n) is 10.3. The van der Waals surface area contributed by atoms with Crippen LogP contribution < -0.4 is 0 Å². The van der Waals surface area contributed by atoms with Crippen molar-refractivity contribution in [2.75, 3.05) is 0 Å². The fourth-order valence-corrected chi connectivity index (χ4v) is 6.14. The highest BCUT2D eigenvalue weighted by Gasteiger charge is 2.54. The molecule has 0 radical (unpaired) electrons. The van der Waals surface area contributed by atoms with Crippen LogP contribution in [0.1, 0.15) is 97.6 Å². The molecular weight excluding hydrogens is 438 g/mol. The summed E-state index contributed by atoms with van der Waals surface area (Å²) >= 11 is 0. The van der Waals surface area contributed by atoms with Crippen molar-refractivity contribution in [3.05, 3.63) is 29.3 Å². The maximum Gasteiger partial charge on any atom is 0.519 e. The molecule has 0 N–H and O–H groups in total. The van der Waals surface area contributed by atoms with E-state index in [1.54, 1.807) is 0 Å². The molecule has 0 spiro atoms. The molecule has 9 heteroatoms. The molecule has 1 aliphatic rings. The number of hydrogen-bond donors (Lipinski definition) is 0. The molecule has 1 aromatic rings. The summed E-state index contributed by atoms with van der Waals surface area (Å²) in [6, 6.07) is 6.14. The monoisotopic (exact) mass is 475 g/mol. The maximum absolute atomic E-state index is 13.1. The van der Waals surface area contributed by atoms with Gasteiger partial charge in [0.15, 0.2) is 5.54 Å². The van der Waals surface area contributed by atoms with Crippen molar-refractivity contribution in [2.24, 2.45) is 5.41 Å². The molecular formula is C23H37BF3NO3S. The van der Waals surface area contributed by atoms with E-state index in [2.05, 4.69) is 58.3 Å². The van der Waals surface area contributed by atoms with Gasteiger partial charge >= 0.3 is 15.6 Å². The van der Waals surface area contributed by atoms with E-state index >= 15 is 0 Å². The predicted octanol–water partition coefficient (Wildman–Crippen LogP) is 5.91. The molecule has 1 aliphatic heterocycles. The first-order chi connectivity index (χ1) is 14.5. The first kappa shape index (κ1) is 26.9. The number of rotatable bonds is 8. The van der Waals surface area contributed by atoms with Gasteiger partial charge in [-0.25, -0.2) is 4.58 Å². The minimum Gasteiger partial charge on any atom is -0.474 e. The number of benzene rings is 1. The quantitative estimate of drug-likeness (QED) is 0.267. The molecule has 0 unspecified atom stereocenters. The first-order valence-electron chi connectivity index (χ1n) is 11.6. The Bertz CT molecular complexity index is 952. The Morgan fingerprint density at radius 3 is 1.91 bits per heavy atom. The molecule has 182 valence electrons. The second kappa shape index (κ2) is 9.13. The van der Waals surface area contributed by atoms with Gasteiger partial charge in [-0.1, -0.05) is 59.7 Å². The lowest BCUT2D eigenvalue weighted by molar-refractivity contribution is -0.515. The van der Waals surface area contributed by atoms with E-state index in [0.717, 1.165) is 28.8 Å². The molecule has 32 heavy (non-hydrogen) atoms. The fourth-order valence-electron chi connectivity index (χ4n) is 5.57. The van der Waals surface area contributed by atoms with E-state index in [1.807, 2.05) is 19.9 Å². The molecule has 0 aliphatic carbocycles. The van der Waals surface area contributed by atoms with Crippen molar-refractivity contribution in [3.8, 4) is 0 Å². The first-order valence-corrected chi connectivity index (χ1v) is 13.0. The highest BCUT2D eigenvalue weighted by atomic mass is 32.2. The van der Waals surface area contributed by atoms with Crippen LogP contribution in [0.15, 0.2) is 18.2 Å². The summed E-state index contributed by atoms with van der Waals surface area (Å²) in [5.74, 6) is 0.387. The molecule has 1 aromatic carbocycles. The molecule has 1 heterocycles. The summed E-state index contributed by atoms with van der Waals surface area (Å²) in [6.07, 6.45) is 2.14. The number of nitrogens with zero attached hydrogens (tertiary/aromatic N) is 1. The third-order valence-electron chi connectivity index (χ3n) is 7.18. The molecule has 0 fully saturated rings. The lowest BCUT2D eigenvalue weighted by atomic mass is 9.65. The maximum atomic E-state index is 13.1. The van der Waals surface area contributed by atoms with Gasteiger partial charge in [-0.15, -0.1) is 0 Å². The summed E-state index contributed by atoms with van der Waals surface area (Å²) in [5.41, 5.74) is -2.28. The van der Waals surface area contributed by atoms with Crippen LogP contribution in [0, 0.1) is 5.41 Å². The zero-order valence-electron chi connectivity index (χ0n) is 20.7. The van der Waals surface area contributed by atoms with Crippen LogP contribution >= 0.6 is 0 Å². The van der Waals surface area contributed by atoms with E-state index in [4.69, 9.17) is 4.10 Å². The highest BCUT2D eigenvalue weighted by molar-refractivity contribution is 7.88. The average molecular weight is 475 g/mol. The van der Waals surface area contributed by atoms with Crippen molar-refractivity contribution in [2.45, 2.75) is 97.5 Å². The van der Waals surface area contributed by atoms with Crippen molar-refractivity contribution >= 4 is 28.9 Å². The van der Waals surface area contributed by atoms with E-state index in [9.17, 15) is 21.6 Å². The van der Waals surface area contributed by atoms with E-state index in [1.165, 1.54) is 0 Å². The van der Waals surface area contributed by atoms with Crippen molar-refractivity contribution in [1.82, 2.24) is 0 Å². The van der Waals surface area contributed by atoms with Crippen LogP contribution in [-0.4, -0.2) is 37.1 Å². The number of para-hydroxylation sites is 1. The number of hydrogen-bond acceptors (Lipinski definition) is 3. The van der Waals surface area contributed by atoms with Crippen molar-refractivity contribution < 1.29 is 30.3 Å². The van der Waals surface area contributed by atoms with Crippen molar-refractivity contribution in [1.29, 1.82) is 0 Å². The van der Waals surface area contributed by atoms with Gasteiger partial charge in [-0.05, 0) is 24.7 Å². The Kier molecular flexibility index (Phi) is 7.67. The smallest absolute Gasteiger partial charge is 0.474 e. The predicted molar refractivity (Wildman–Crippen MR) is 126 cm³/mol. The highest BCUT2D eigenvalue weighted by Crippen LogP contribution is 2.49. The molecule has 0 aromatic heterocycles. The Morgan fingerprint density at radius 1 is 1.06 bits per heavy atom. The molecule has 4 nitrogen and oxygen atoms in total. The molecule has 0 saturated heterocycles. The summed E-state index contributed by atoms with van der Waals surface area (Å²) < 4.78 is 69.7. The summed E-state index contributed by atoms with van der Waals surface area (Å²) in [5, 5.41) is 0. The minimum absolute atomic E-state index is 0.193. The van der Waals surface area contributed by atoms with Gasteiger partial charge in [-0.2, -0.15) is 21.6 Å². The van der Waals surface area contributed by atoms with E-state index < -0.39 is 34.1 Å². The summed E-state index contributed by atoms with van der Waals surface area (Å²) in [6.45, 7) is 16.6. The zero-order valence-corrected chi connectivity index (χ0v) is 21.5. The van der Waals surface area contributed by atoms with Gasteiger partial charge in [0.1, 0.15) is 0 Å². The zero-order chi connectivity index (χ0) is 24.7. The molecule has 0 saturated carbocycles. The lowest BCUT2D eigenvalue weighted by Gasteiger charge is -2.29. The standard InChI is InChI=1S/C23H37BF3NO3S/c1-9-22(10-2)14-21(7,8)28(20(22)24-31-32(29,30)23(25,26)27)19-17(15(3)4)12-11-13-18(19)16(5)6/h11-13,15-16H,9-10,14,24H2,1-8H3. The molecule has 0 bridgehead atoms. The largest absolute Gasteiger partial charge is 0.519 e. The van der Waals surface area contributed by atoms with Crippen LogP contribution in [0.4, 0.5) is 18.9 Å². The minimum atomic E-state index is -5.64. The Morgan fingerprint density at radius 2 is 1.53 bits per heavy atom. The van der Waals surface area contributed by atoms with Gasteiger partial charge in [0.05, 0.1) is 0 Å². The van der Waals surface area contributed by atoms with Crippen LogP contribution in [0.25, 0.3) is 0 Å². The Balaban J connectivity index is 2.89. The van der Waals surface area contributed by atoms with Gasteiger partial charge in [-0.3, -0.25) is 0 Å². The SMILES string of the molecule is CCC1(CC)CC(C)(C)[N+](c2c(C(C)C)cccc2C(C)C)=C1[BH2-]OS(=O)(=O)C(F)(F)F. The lowest BCUT2D eigenvalue weighted by Crippen LogP contribution is -2.38. The normalized spacial score (nSPS) is 18.8. The van der Waals surface area contributed by atoms with Crippen LogP contribution in [-0.2, 0) is 14.2 Å². The van der Waals surface area contributed by atoms with Gasteiger partial charge in [0, 0.05) is 42.4 Å². The number of halogens is 3. The molecule has 0 atom stereocenters. The van der Waals surface area contributed by atoms with Crippen LogP contribution in [0.2, 0.25) is 0 Å². The van der Waals surface area contributed by atoms with Gasteiger partial charge in [0.2, 0.25) is 13.2 Å². The van der Waals surface area contributed by atoms with Crippen LogP contribution in [0.5, 0.6) is 0 Å². The number of alkyl halides is 3. The fraction of sp³-hybridized carbons (Fsp3) is 0.696. The van der Waals surface area contributed by atoms with Gasteiger partial charge in [0.25, 0.3) is 0 Å². The van der Waals surface area contributed by atoms with Gasteiger partial charge < -0.3 is 4.10 Å². The summed E-state index contributed by atoms with van der Waals surface area (Å²) in [7, 11) is -7.71. The average Bonchev–Trinajstić information content (AvgIpc) is 2.91. The third kappa shape index (κ3) is 4.79. The van der Waals surface area contributed by atoms with E-state index in [0.29, 0.717) is 12.8 Å². The molecule has 2 rings (SSSR count). The second-order valence-corrected chi connectivity index (χ2v) is 12.0. The van der Waals surface area contributed by atoms with Crippen molar-refractivity contribution in [3.63, 3.8) is 0 Å². The Hall–Kier alpha value is -1.35. The topological polar surface area (TPSA) is 46.4 Å². The molecule has 0 amide bonds.